The van der Waals surface area contributed by atoms with Gasteiger partial charge in [0.05, 0.1) is 5.69 Å². The molecule has 1 aromatic rings. The van der Waals surface area contributed by atoms with E-state index in [2.05, 4.69) is 54.9 Å². The van der Waals surface area contributed by atoms with E-state index < -0.39 is 0 Å². The molecule has 1 fully saturated rings. The van der Waals surface area contributed by atoms with Gasteiger partial charge in [-0.15, -0.1) is 0 Å². The standard InChI is InChI=1S/C18H31N3/c1-5-21-17(11-12-20-21)13-16(14-19-18(2,3)4)15-9-7-6-8-10-15/h11-13,15,19H,5-10,14H2,1-4H3/b16-13-. The van der Waals surface area contributed by atoms with Crippen molar-refractivity contribution < 1.29 is 0 Å². The second-order valence-electron chi connectivity index (χ2n) is 7.23. The molecule has 0 spiro atoms. The molecule has 1 N–H and O–H groups in total. The van der Waals surface area contributed by atoms with Gasteiger partial charge >= 0.3 is 0 Å². The molecule has 118 valence electrons. The first-order valence-corrected chi connectivity index (χ1v) is 8.47. The molecule has 0 amide bonds. The molecule has 1 saturated carbocycles. The predicted molar refractivity (Wildman–Crippen MR) is 90.2 cm³/mol. The lowest BCUT2D eigenvalue weighted by atomic mass is 9.83. The third-order valence-corrected chi connectivity index (χ3v) is 4.33. The van der Waals surface area contributed by atoms with E-state index in [0.717, 1.165) is 19.0 Å². The maximum Gasteiger partial charge on any atom is 0.0609 e. The summed E-state index contributed by atoms with van der Waals surface area (Å²) in [5.74, 6) is 0.744. The van der Waals surface area contributed by atoms with Gasteiger partial charge in [0.2, 0.25) is 0 Å². The third kappa shape index (κ3) is 4.99. The van der Waals surface area contributed by atoms with E-state index in [1.165, 1.54) is 37.8 Å². The summed E-state index contributed by atoms with van der Waals surface area (Å²) in [5.41, 5.74) is 2.97. The molecule has 0 aliphatic heterocycles. The number of rotatable bonds is 5. The molecule has 0 aromatic carbocycles. The van der Waals surface area contributed by atoms with Crippen LogP contribution in [0.2, 0.25) is 0 Å². The average molecular weight is 289 g/mol. The summed E-state index contributed by atoms with van der Waals surface area (Å²) in [6.45, 7) is 10.8. The minimum Gasteiger partial charge on any atom is -0.308 e. The van der Waals surface area contributed by atoms with Crippen molar-refractivity contribution in [2.75, 3.05) is 6.54 Å². The molecule has 1 heterocycles. The van der Waals surface area contributed by atoms with E-state index >= 15 is 0 Å². The van der Waals surface area contributed by atoms with E-state index in [0.29, 0.717) is 0 Å². The number of aryl methyl sites for hydroxylation is 1. The van der Waals surface area contributed by atoms with Crippen molar-refractivity contribution in [3.05, 3.63) is 23.5 Å². The van der Waals surface area contributed by atoms with Crippen molar-refractivity contribution in [3.63, 3.8) is 0 Å². The normalized spacial score (nSPS) is 18.2. The smallest absolute Gasteiger partial charge is 0.0609 e. The molecule has 1 aromatic heterocycles. The highest BCUT2D eigenvalue weighted by atomic mass is 15.3. The summed E-state index contributed by atoms with van der Waals surface area (Å²) >= 11 is 0. The van der Waals surface area contributed by atoms with Gasteiger partial charge < -0.3 is 5.32 Å². The zero-order valence-electron chi connectivity index (χ0n) is 14.2. The first kappa shape index (κ1) is 16.3. The predicted octanol–water partition coefficient (Wildman–Crippen LogP) is 4.25. The number of aromatic nitrogens is 2. The molecule has 0 atom stereocenters. The minimum absolute atomic E-state index is 0.165. The van der Waals surface area contributed by atoms with Gasteiger partial charge in [-0.05, 0) is 58.6 Å². The van der Waals surface area contributed by atoms with Crippen LogP contribution in [0.15, 0.2) is 17.8 Å². The van der Waals surface area contributed by atoms with Crippen molar-refractivity contribution in [1.82, 2.24) is 15.1 Å². The second-order valence-corrected chi connectivity index (χ2v) is 7.23. The van der Waals surface area contributed by atoms with Crippen LogP contribution in [0.1, 0.15) is 65.5 Å². The first-order valence-electron chi connectivity index (χ1n) is 8.47. The van der Waals surface area contributed by atoms with E-state index in [1.54, 1.807) is 5.57 Å². The SMILES string of the molecule is CCn1nccc1/C=C(/CNC(C)(C)C)C1CCCCC1. The van der Waals surface area contributed by atoms with Crippen LogP contribution in [-0.4, -0.2) is 21.9 Å². The third-order valence-electron chi connectivity index (χ3n) is 4.33. The van der Waals surface area contributed by atoms with Crippen molar-refractivity contribution in [2.45, 2.75) is 71.9 Å². The Hall–Kier alpha value is -1.09. The monoisotopic (exact) mass is 289 g/mol. The Morgan fingerprint density at radius 1 is 1.33 bits per heavy atom. The van der Waals surface area contributed by atoms with Crippen LogP contribution in [0.25, 0.3) is 6.08 Å². The van der Waals surface area contributed by atoms with E-state index in [1.807, 2.05) is 6.20 Å². The second kappa shape index (κ2) is 7.26. The zero-order valence-corrected chi connectivity index (χ0v) is 14.2. The zero-order chi connectivity index (χ0) is 15.3. The van der Waals surface area contributed by atoms with Crippen molar-refractivity contribution in [2.24, 2.45) is 5.92 Å². The van der Waals surface area contributed by atoms with Crippen LogP contribution in [0.5, 0.6) is 0 Å². The Bertz CT molecular complexity index is 459. The van der Waals surface area contributed by atoms with E-state index in [9.17, 15) is 0 Å². The van der Waals surface area contributed by atoms with Crippen molar-refractivity contribution >= 4 is 6.08 Å². The van der Waals surface area contributed by atoms with Gasteiger partial charge in [0, 0.05) is 24.8 Å². The van der Waals surface area contributed by atoms with Gasteiger partial charge in [-0.3, -0.25) is 4.68 Å². The molecule has 0 radical (unpaired) electrons. The molecule has 1 aliphatic carbocycles. The Balaban J connectivity index is 2.17. The van der Waals surface area contributed by atoms with Crippen LogP contribution in [0.3, 0.4) is 0 Å². The van der Waals surface area contributed by atoms with Gasteiger partial charge in [-0.2, -0.15) is 5.10 Å². The molecule has 0 bridgehead atoms. The topological polar surface area (TPSA) is 29.9 Å². The van der Waals surface area contributed by atoms with Crippen LogP contribution >= 0.6 is 0 Å². The number of nitrogens with zero attached hydrogens (tertiary/aromatic N) is 2. The summed E-state index contributed by atoms with van der Waals surface area (Å²) in [6.07, 6.45) is 11.1. The molecule has 3 nitrogen and oxygen atoms in total. The molecular formula is C18H31N3. The fourth-order valence-corrected chi connectivity index (χ4v) is 3.07. The van der Waals surface area contributed by atoms with Crippen LogP contribution in [0.4, 0.5) is 0 Å². The molecule has 21 heavy (non-hydrogen) atoms. The largest absolute Gasteiger partial charge is 0.308 e. The summed E-state index contributed by atoms with van der Waals surface area (Å²) in [5, 5.41) is 8.06. The van der Waals surface area contributed by atoms with Crippen molar-refractivity contribution in [3.8, 4) is 0 Å². The maximum atomic E-state index is 4.39. The Morgan fingerprint density at radius 3 is 2.67 bits per heavy atom. The van der Waals surface area contributed by atoms with Gasteiger partial charge in [0.15, 0.2) is 0 Å². The summed E-state index contributed by atoms with van der Waals surface area (Å²) in [6, 6.07) is 2.13. The quantitative estimate of drug-likeness (QED) is 0.878. The van der Waals surface area contributed by atoms with Crippen molar-refractivity contribution in [1.29, 1.82) is 0 Å². The number of nitrogens with one attached hydrogen (secondary N) is 1. The Morgan fingerprint density at radius 2 is 2.05 bits per heavy atom. The van der Waals surface area contributed by atoms with Gasteiger partial charge in [0.1, 0.15) is 0 Å². The number of hydrogen-bond donors (Lipinski definition) is 1. The van der Waals surface area contributed by atoms with E-state index in [-0.39, 0.29) is 5.54 Å². The van der Waals surface area contributed by atoms with Gasteiger partial charge in [-0.25, -0.2) is 0 Å². The van der Waals surface area contributed by atoms with E-state index in [4.69, 9.17) is 0 Å². The van der Waals surface area contributed by atoms with Crippen LogP contribution in [-0.2, 0) is 6.54 Å². The summed E-state index contributed by atoms with van der Waals surface area (Å²) in [7, 11) is 0. The summed E-state index contributed by atoms with van der Waals surface area (Å²) < 4.78 is 2.08. The number of hydrogen-bond acceptors (Lipinski definition) is 2. The minimum atomic E-state index is 0.165. The first-order chi connectivity index (χ1) is 9.99. The average Bonchev–Trinajstić information content (AvgIpc) is 2.90. The lowest BCUT2D eigenvalue weighted by Gasteiger charge is -2.28. The fourth-order valence-electron chi connectivity index (χ4n) is 3.07. The van der Waals surface area contributed by atoms with Gasteiger partial charge in [-0.1, -0.05) is 24.8 Å². The van der Waals surface area contributed by atoms with Gasteiger partial charge in [0.25, 0.3) is 0 Å². The molecule has 3 heteroatoms. The molecular weight excluding hydrogens is 258 g/mol. The maximum absolute atomic E-state index is 4.39. The van der Waals surface area contributed by atoms with Crippen LogP contribution in [0, 0.1) is 5.92 Å². The molecule has 1 aliphatic rings. The Kier molecular flexibility index (Phi) is 5.63. The van der Waals surface area contributed by atoms with Crippen LogP contribution < -0.4 is 5.32 Å². The molecule has 0 unspecified atom stereocenters. The highest BCUT2D eigenvalue weighted by Crippen LogP contribution is 2.30. The lowest BCUT2D eigenvalue weighted by Crippen LogP contribution is -2.38. The highest BCUT2D eigenvalue weighted by molar-refractivity contribution is 5.50. The summed E-state index contributed by atoms with van der Waals surface area (Å²) in [4.78, 5) is 0. The fraction of sp³-hybridized carbons (Fsp3) is 0.722. The molecule has 2 rings (SSSR count). The Labute approximate surface area is 129 Å². The molecule has 0 saturated heterocycles. The highest BCUT2D eigenvalue weighted by Gasteiger charge is 2.20. The lowest BCUT2D eigenvalue weighted by molar-refractivity contribution is 0.378.